The fraction of sp³-hybridized carbons (Fsp3) is 0.423. The Morgan fingerprint density at radius 1 is 1.09 bits per heavy atom. The van der Waals surface area contributed by atoms with Crippen molar-refractivity contribution in [1.82, 2.24) is 10.2 Å². The van der Waals surface area contributed by atoms with Gasteiger partial charge in [0.1, 0.15) is 12.6 Å². The second kappa shape index (κ2) is 9.25. The van der Waals surface area contributed by atoms with Crippen molar-refractivity contribution in [2.45, 2.75) is 45.1 Å². The summed E-state index contributed by atoms with van der Waals surface area (Å²) in [4.78, 5) is 38.6. The Balaban J connectivity index is 1.38. The quantitative estimate of drug-likeness (QED) is 0.664. The van der Waals surface area contributed by atoms with E-state index in [1.165, 1.54) is 4.90 Å². The zero-order valence-corrected chi connectivity index (χ0v) is 19.0. The maximum absolute atomic E-state index is 13.1. The predicted molar refractivity (Wildman–Crippen MR) is 124 cm³/mol. The van der Waals surface area contributed by atoms with E-state index >= 15 is 0 Å². The molecule has 1 heterocycles. The third-order valence-corrected chi connectivity index (χ3v) is 7.06. The summed E-state index contributed by atoms with van der Waals surface area (Å²) in [6, 6.07) is 15.5. The molecule has 0 aromatic heterocycles. The second-order valence-corrected chi connectivity index (χ2v) is 9.09. The molecule has 1 aliphatic carbocycles. The first kappa shape index (κ1) is 22.8. The van der Waals surface area contributed by atoms with Crippen molar-refractivity contribution in [2.24, 2.45) is 5.41 Å². The number of ether oxygens (including phenoxy) is 1. The number of carbonyl (C=O) groups is 3. The van der Waals surface area contributed by atoms with Crippen LogP contribution in [0.5, 0.6) is 0 Å². The zero-order chi connectivity index (χ0) is 23.6. The molecule has 174 valence electrons. The van der Waals surface area contributed by atoms with Gasteiger partial charge in [0.25, 0.3) is 0 Å². The summed E-state index contributed by atoms with van der Waals surface area (Å²) in [5, 5.41) is 12.2. The van der Waals surface area contributed by atoms with Gasteiger partial charge in [0.2, 0.25) is 5.91 Å². The monoisotopic (exact) mass is 450 g/mol. The van der Waals surface area contributed by atoms with E-state index in [1.807, 2.05) is 31.2 Å². The fourth-order valence-electron chi connectivity index (χ4n) is 4.88. The molecule has 0 bridgehead atoms. The minimum Gasteiger partial charge on any atom is -0.480 e. The first-order chi connectivity index (χ1) is 15.9. The molecule has 2 atom stereocenters. The average molecular weight is 451 g/mol. The smallest absolute Gasteiger partial charge is 0.407 e. The SMILES string of the molecule is CCC(C)(CNC(=O)OCC1c2ccccc2-c2ccccc21)C(=O)N1CCC[C@@H]1C(=O)O. The van der Waals surface area contributed by atoms with E-state index in [9.17, 15) is 19.5 Å². The molecule has 1 fully saturated rings. The Hall–Kier alpha value is -3.35. The van der Waals surface area contributed by atoms with Gasteiger partial charge in [-0.3, -0.25) is 4.79 Å². The minimum absolute atomic E-state index is 0.0386. The molecule has 1 saturated heterocycles. The molecule has 2 N–H and O–H groups in total. The third-order valence-electron chi connectivity index (χ3n) is 7.06. The standard InChI is InChI=1S/C26H30N2O5/c1-3-26(2,24(31)28-14-8-13-22(28)23(29)30)16-27-25(32)33-15-21-19-11-6-4-9-17(19)18-10-5-7-12-20(18)21/h4-7,9-12,21-22H,3,8,13-16H2,1-2H3,(H,27,32)(H,29,30)/t22-,26?/m1/s1. The first-order valence-electron chi connectivity index (χ1n) is 11.5. The number of carboxylic acid groups (broad SMARTS) is 1. The van der Waals surface area contributed by atoms with Crippen LogP contribution in [0.2, 0.25) is 0 Å². The number of nitrogens with one attached hydrogen (secondary N) is 1. The molecule has 0 spiro atoms. The van der Waals surface area contributed by atoms with E-state index in [2.05, 4.69) is 29.6 Å². The van der Waals surface area contributed by atoms with Crippen molar-refractivity contribution in [2.75, 3.05) is 19.7 Å². The minimum atomic E-state index is -0.983. The number of benzene rings is 2. The van der Waals surface area contributed by atoms with Crippen molar-refractivity contribution in [3.05, 3.63) is 59.7 Å². The van der Waals surface area contributed by atoms with Crippen LogP contribution in [0.3, 0.4) is 0 Å². The molecule has 4 rings (SSSR count). The highest BCUT2D eigenvalue weighted by Crippen LogP contribution is 2.44. The Bertz CT molecular complexity index is 1020. The van der Waals surface area contributed by atoms with Crippen LogP contribution in [0.4, 0.5) is 4.79 Å². The van der Waals surface area contributed by atoms with Crippen molar-refractivity contribution in [1.29, 1.82) is 0 Å². The summed E-state index contributed by atoms with van der Waals surface area (Å²) in [6.07, 6.45) is 1.02. The van der Waals surface area contributed by atoms with Crippen LogP contribution in [-0.2, 0) is 14.3 Å². The number of carbonyl (C=O) groups excluding carboxylic acids is 2. The molecule has 0 saturated carbocycles. The van der Waals surface area contributed by atoms with Crippen molar-refractivity contribution < 1.29 is 24.2 Å². The summed E-state index contributed by atoms with van der Waals surface area (Å²) in [6.45, 7) is 4.33. The van der Waals surface area contributed by atoms with Crippen LogP contribution in [0.1, 0.15) is 50.2 Å². The van der Waals surface area contributed by atoms with Crippen LogP contribution in [-0.4, -0.2) is 53.7 Å². The van der Waals surface area contributed by atoms with Gasteiger partial charge in [-0.1, -0.05) is 55.5 Å². The van der Waals surface area contributed by atoms with Crippen LogP contribution in [0.15, 0.2) is 48.5 Å². The lowest BCUT2D eigenvalue weighted by atomic mass is 9.85. The number of alkyl carbamates (subject to hydrolysis) is 1. The Morgan fingerprint density at radius 3 is 2.27 bits per heavy atom. The number of fused-ring (bicyclic) bond motifs is 3. The predicted octanol–water partition coefficient (Wildman–Crippen LogP) is 4.02. The zero-order valence-electron chi connectivity index (χ0n) is 19.0. The highest BCUT2D eigenvalue weighted by atomic mass is 16.5. The molecule has 33 heavy (non-hydrogen) atoms. The fourth-order valence-corrected chi connectivity index (χ4v) is 4.88. The molecule has 1 aliphatic heterocycles. The normalized spacial score (nSPS) is 18.8. The van der Waals surface area contributed by atoms with Gasteiger partial charge < -0.3 is 20.1 Å². The van der Waals surface area contributed by atoms with E-state index < -0.39 is 23.5 Å². The molecule has 2 aromatic carbocycles. The lowest BCUT2D eigenvalue weighted by Crippen LogP contribution is -2.51. The van der Waals surface area contributed by atoms with Gasteiger partial charge >= 0.3 is 12.1 Å². The number of hydrogen-bond donors (Lipinski definition) is 2. The average Bonchev–Trinajstić information content (AvgIpc) is 3.44. The van der Waals surface area contributed by atoms with E-state index in [-0.39, 0.29) is 25.0 Å². The number of likely N-dealkylation sites (tertiary alicyclic amines) is 1. The van der Waals surface area contributed by atoms with E-state index in [4.69, 9.17) is 4.74 Å². The number of carboxylic acids is 1. The lowest BCUT2D eigenvalue weighted by molar-refractivity contribution is -0.152. The third kappa shape index (κ3) is 4.32. The summed E-state index contributed by atoms with van der Waals surface area (Å²) >= 11 is 0. The van der Waals surface area contributed by atoms with Gasteiger partial charge in [-0.05, 0) is 48.4 Å². The largest absolute Gasteiger partial charge is 0.480 e. The highest BCUT2D eigenvalue weighted by Gasteiger charge is 2.42. The first-order valence-corrected chi connectivity index (χ1v) is 11.5. The molecule has 2 aliphatic rings. The Kier molecular flexibility index (Phi) is 6.40. The van der Waals surface area contributed by atoms with Crippen molar-refractivity contribution in [3.63, 3.8) is 0 Å². The molecule has 0 radical (unpaired) electrons. The van der Waals surface area contributed by atoms with Crippen LogP contribution >= 0.6 is 0 Å². The van der Waals surface area contributed by atoms with Crippen molar-refractivity contribution >= 4 is 18.0 Å². The maximum Gasteiger partial charge on any atom is 0.407 e. The maximum atomic E-state index is 13.1. The molecule has 2 amide bonds. The number of aliphatic carboxylic acids is 1. The lowest BCUT2D eigenvalue weighted by Gasteiger charge is -2.33. The number of nitrogens with zero attached hydrogens (tertiary/aromatic N) is 1. The van der Waals surface area contributed by atoms with Crippen LogP contribution in [0, 0.1) is 5.41 Å². The summed E-state index contributed by atoms with van der Waals surface area (Å²) < 4.78 is 5.58. The molecular formula is C26H30N2O5. The van der Waals surface area contributed by atoms with Gasteiger partial charge in [0, 0.05) is 19.0 Å². The summed E-state index contributed by atoms with van der Waals surface area (Å²) in [5.41, 5.74) is 3.68. The van der Waals surface area contributed by atoms with Gasteiger partial charge in [-0.2, -0.15) is 0 Å². The van der Waals surface area contributed by atoms with Gasteiger partial charge in [-0.15, -0.1) is 0 Å². The van der Waals surface area contributed by atoms with Gasteiger partial charge in [0.05, 0.1) is 5.41 Å². The summed E-state index contributed by atoms with van der Waals surface area (Å²) in [5.74, 6) is -1.26. The van der Waals surface area contributed by atoms with Crippen LogP contribution < -0.4 is 5.32 Å². The molecule has 1 unspecified atom stereocenters. The van der Waals surface area contributed by atoms with E-state index in [1.54, 1.807) is 6.92 Å². The summed E-state index contributed by atoms with van der Waals surface area (Å²) in [7, 11) is 0. The molecule has 7 nitrogen and oxygen atoms in total. The molecular weight excluding hydrogens is 420 g/mol. The Labute approximate surface area is 193 Å². The number of hydrogen-bond acceptors (Lipinski definition) is 4. The van der Waals surface area contributed by atoms with Crippen LogP contribution in [0.25, 0.3) is 11.1 Å². The highest BCUT2D eigenvalue weighted by molar-refractivity contribution is 5.88. The second-order valence-electron chi connectivity index (χ2n) is 9.09. The van der Waals surface area contributed by atoms with Gasteiger partial charge in [0.15, 0.2) is 0 Å². The van der Waals surface area contributed by atoms with E-state index in [0.29, 0.717) is 25.8 Å². The van der Waals surface area contributed by atoms with Crippen molar-refractivity contribution in [3.8, 4) is 11.1 Å². The molecule has 2 aromatic rings. The van der Waals surface area contributed by atoms with E-state index in [0.717, 1.165) is 22.3 Å². The number of amides is 2. The van der Waals surface area contributed by atoms with Gasteiger partial charge in [-0.25, -0.2) is 9.59 Å². The topological polar surface area (TPSA) is 95.9 Å². The number of rotatable bonds is 7. The Morgan fingerprint density at radius 2 is 1.70 bits per heavy atom. The molecule has 7 heteroatoms.